The lowest BCUT2D eigenvalue weighted by Crippen LogP contribution is -1.94. The van der Waals surface area contributed by atoms with E-state index in [2.05, 4.69) is 162 Å². The molecular formula is C52H34N2O2. The van der Waals surface area contributed by atoms with Gasteiger partial charge in [0, 0.05) is 44.3 Å². The van der Waals surface area contributed by atoms with E-state index in [-0.39, 0.29) is 0 Å². The molecule has 0 saturated carbocycles. The van der Waals surface area contributed by atoms with E-state index in [1.165, 1.54) is 5.56 Å². The molecule has 0 bridgehead atoms. The zero-order chi connectivity index (χ0) is 37.0. The SMILES string of the molecule is c1ccc(Nc2ccc(-c3cc(-c4ccccc4)cc(-c4ccc5c(c4)c4c6ccccc6oc4n5-c4ccccc4)c3)cc2-c2coc3ccccc23)cc1. The van der Waals surface area contributed by atoms with Gasteiger partial charge in [0.2, 0.25) is 5.71 Å². The smallest absolute Gasteiger partial charge is 0.213 e. The number of aromatic nitrogens is 1. The molecule has 11 aromatic rings. The van der Waals surface area contributed by atoms with E-state index in [4.69, 9.17) is 8.83 Å². The maximum atomic E-state index is 6.59. The van der Waals surface area contributed by atoms with Crippen molar-refractivity contribution >= 4 is 55.3 Å². The van der Waals surface area contributed by atoms with Crippen molar-refractivity contribution in [3.05, 3.63) is 200 Å². The van der Waals surface area contributed by atoms with Crippen molar-refractivity contribution in [1.29, 1.82) is 0 Å². The number of fused-ring (bicyclic) bond motifs is 6. The molecule has 0 fully saturated rings. The van der Waals surface area contributed by atoms with Crippen molar-refractivity contribution in [3.63, 3.8) is 0 Å². The van der Waals surface area contributed by atoms with Gasteiger partial charge in [0.1, 0.15) is 11.2 Å². The van der Waals surface area contributed by atoms with Crippen LogP contribution in [0, 0.1) is 0 Å². The summed E-state index contributed by atoms with van der Waals surface area (Å²) in [5.41, 5.74) is 15.8. The predicted octanol–water partition coefficient (Wildman–Crippen LogP) is 14.7. The van der Waals surface area contributed by atoms with Crippen LogP contribution in [0.3, 0.4) is 0 Å². The highest BCUT2D eigenvalue weighted by atomic mass is 16.3. The van der Waals surface area contributed by atoms with E-state index < -0.39 is 0 Å². The number of hydrogen-bond acceptors (Lipinski definition) is 3. The molecule has 264 valence electrons. The molecule has 3 heterocycles. The molecule has 0 aliphatic heterocycles. The molecule has 3 aromatic heterocycles. The Hall–Kier alpha value is -7.56. The van der Waals surface area contributed by atoms with Gasteiger partial charge in [0.25, 0.3) is 0 Å². The van der Waals surface area contributed by atoms with Crippen molar-refractivity contribution in [1.82, 2.24) is 4.57 Å². The molecule has 0 aliphatic carbocycles. The zero-order valence-electron chi connectivity index (χ0n) is 30.3. The first-order valence-corrected chi connectivity index (χ1v) is 18.9. The molecule has 1 N–H and O–H groups in total. The van der Waals surface area contributed by atoms with Crippen LogP contribution < -0.4 is 5.32 Å². The van der Waals surface area contributed by atoms with Crippen LogP contribution in [0.25, 0.3) is 94.1 Å². The van der Waals surface area contributed by atoms with Crippen molar-refractivity contribution in [3.8, 4) is 50.2 Å². The average molecular weight is 719 g/mol. The third kappa shape index (κ3) is 5.39. The third-order valence-corrected chi connectivity index (χ3v) is 10.9. The van der Waals surface area contributed by atoms with Gasteiger partial charge in [-0.1, -0.05) is 115 Å². The lowest BCUT2D eigenvalue weighted by atomic mass is 9.91. The highest BCUT2D eigenvalue weighted by molar-refractivity contribution is 6.20. The van der Waals surface area contributed by atoms with Gasteiger partial charge in [-0.05, 0) is 112 Å². The van der Waals surface area contributed by atoms with Crippen LogP contribution in [0.4, 0.5) is 11.4 Å². The second-order valence-corrected chi connectivity index (χ2v) is 14.2. The number of furan rings is 2. The van der Waals surface area contributed by atoms with Gasteiger partial charge in [0.05, 0.1) is 17.2 Å². The van der Waals surface area contributed by atoms with Crippen LogP contribution in [0.5, 0.6) is 0 Å². The van der Waals surface area contributed by atoms with E-state index in [0.717, 1.165) is 99.9 Å². The number of rotatable bonds is 7. The second-order valence-electron chi connectivity index (χ2n) is 14.2. The number of nitrogens with one attached hydrogen (secondary N) is 1. The minimum atomic E-state index is 0.853. The Kier molecular flexibility index (Phi) is 7.46. The van der Waals surface area contributed by atoms with Crippen molar-refractivity contribution in [2.24, 2.45) is 0 Å². The standard InChI is InChI=1S/C52H34N2O2/c1-4-14-34(15-5-1)37-28-38(35-24-26-47(53-40-16-6-2-7-17-40)44(31-35)46-33-55-49-22-12-10-20-42(46)49)30-39(29-37)36-25-27-48-45(32-36)51-43-21-11-13-23-50(43)56-52(51)54(48)41-18-8-3-9-19-41/h1-33,53H. The van der Waals surface area contributed by atoms with Crippen molar-refractivity contribution in [2.45, 2.75) is 0 Å². The maximum Gasteiger partial charge on any atom is 0.213 e. The van der Waals surface area contributed by atoms with E-state index in [0.29, 0.717) is 0 Å². The fourth-order valence-corrected chi connectivity index (χ4v) is 8.18. The van der Waals surface area contributed by atoms with Crippen LogP contribution in [0.15, 0.2) is 209 Å². The Labute approximate surface area is 323 Å². The fraction of sp³-hybridized carbons (Fsp3) is 0. The van der Waals surface area contributed by atoms with Crippen LogP contribution in [0.2, 0.25) is 0 Å². The van der Waals surface area contributed by atoms with Crippen LogP contribution >= 0.6 is 0 Å². The molecule has 56 heavy (non-hydrogen) atoms. The quantitative estimate of drug-likeness (QED) is 0.178. The number of benzene rings is 8. The molecule has 11 rings (SSSR count). The summed E-state index contributed by atoms with van der Waals surface area (Å²) in [6.07, 6.45) is 1.88. The fourth-order valence-electron chi connectivity index (χ4n) is 8.18. The average Bonchev–Trinajstić information content (AvgIpc) is 3.96. The number of para-hydroxylation sites is 4. The molecule has 0 radical (unpaired) electrons. The first-order valence-electron chi connectivity index (χ1n) is 18.9. The summed E-state index contributed by atoms with van der Waals surface area (Å²) in [6.45, 7) is 0. The maximum absolute atomic E-state index is 6.59. The highest BCUT2D eigenvalue weighted by Crippen LogP contribution is 2.43. The Morgan fingerprint density at radius 2 is 1.02 bits per heavy atom. The van der Waals surface area contributed by atoms with E-state index in [9.17, 15) is 0 Å². The second kappa shape index (κ2) is 13.1. The van der Waals surface area contributed by atoms with Gasteiger partial charge in [-0.3, -0.25) is 4.57 Å². The summed E-state index contributed by atoms with van der Waals surface area (Å²) in [5, 5.41) is 8.15. The van der Waals surface area contributed by atoms with Crippen molar-refractivity contribution in [2.75, 3.05) is 5.32 Å². The van der Waals surface area contributed by atoms with Gasteiger partial charge < -0.3 is 14.2 Å². The third-order valence-electron chi connectivity index (χ3n) is 10.9. The molecule has 0 spiro atoms. The largest absolute Gasteiger partial charge is 0.464 e. The van der Waals surface area contributed by atoms with Crippen LogP contribution in [-0.4, -0.2) is 4.57 Å². The molecule has 0 atom stereocenters. The van der Waals surface area contributed by atoms with E-state index in [1.54, 1.807) is 0 Å². The van der Waals surface area contributed by atoms with Gasteiger partial charge in [0.15, 0.2) is 0 Å². The Balaban J connectivity index is 1.12. The minimum Gasteiger partial charge on any atom is -0.464 e. The summed E-state index contributed by atoms with van der Waals surface area (Å²) in [4.78, 5) is 0. The summed E-state index contributed by atoms with van der Waals surface area (Å²) in [5.74, 6) is 0. The molecular weight excluding hydrogens is 685 g/mol. The van der Waals surface area contributed by atoms with E-state index in [1.807, 2.05) is 48.7 Å². The van der Waals surface area contributed by atoms with Gasteiger partial charge in [-0.2, -0.15) is 0 Å². The van der Waals surface area contributed by atoms with Crippen LogP contribution in [-0.2, 0) is 0 Å². The molecule has 4 heteroatoms. The monoisotopic (exact) mass is 718 g/mol. The van der Waals surface area contributed by atoms with Crippen molar-refractivity contribution < 1.29 is 8.83 Å². The summed E-state index contributed by atoms with van der Waals surface area (Å²) >= 11 is 0. The summed E-state index contributed by atoms with van der Waals surface area (Å²) in [6, 6.07) is 68.5. The lowest BCUT2D eigenvalue weighted by molar-refractivity contribution is 0.617. The molecule has 0 unspecified atom stereocenters. The van der Waals surface area contributed by atoms with Gasteiger partial charge >= 0.3 is 0 Å². The Morgan fingerprint density at radius 3 is 1.79 bits per heavy atom. The van der Waals surface area contributed by atoms with E-state index >= 15 is 0 Å². The molecule has 8 aromatic carbocycles. The molecule has 4 nitrogen and oxygen atoms in total. The predicted molar refractivity (Wildman–Crippen MR) is 232 cm³/mol. The van der Waals surface area contributed by atoms with Gasteiger partial charge in [-0.25, -0.2) is 0 Å². The van der Waals surface area contributed by atoms with Gasteiger partial charge in [-0.15, -0.1) is 0 Å². The molecule has 0 saturated heterocycles. The number of hydrogen-bond donors (Lipinski definition) is 1. The topological polar surface area (TPSA) is 43.2 Å². The first kappa shape index (κ1) is 31.9. The number of nitrogens with zero attached hydrogens (tertiary/aromatic N) is 1. The Bertz CT molecular complexity index is 3210. The zero-order valence-corrected chi connectivity index (χ0v) is 30.3. The molecule has 0 aliphatic rings. The Morgan fingerprint density at radius 1 is 0.411 bits per heavy atom. The summed E-state index contributed by atoms with van der Waals surface area (Å²) in [7, 11) is 0. The molecule has 0 amide bonds. The normalized spacial score (nSPS) is 11.6. The summed E-state index contributed by atoms with van der Waals surface area (Å²) < 4.78 is 14.9. The highest BCUT2D eigenvalue weighted by Gasteiger charge is 2.21. The first-order chi connectivity index (χ1) is 27.7. The minimum absolute atomic E-state index is 0.853. The number of anilines is 2. The van der Waals surface area contributed by atoms with Crippen LogP contribution in [0.1, 0.15) is 0 Å². The lowest BCUT2D eigenvalue weighted by Gasteiger charge is -2.16.